The molecule has 0 atom stereocenters. The summed E-state index contributed by atoms with van der Waals surface area (Å²) in [5, 5.41) is 10.1. The second-order valence-electron chi connectivity index (χ2n) is 16.4. The van der Waals surface area contributed by atoms with E-state index in [1.165, 1.54) is 0 Å². The van der Waals surface area contributed by atoms with Gasteiger partial charge in [0.25, 0.3) is 0 Å². The molecule has 0 saturated heterocycles. The highest BCUT2D eigenvalue weighted by molar-refractivity contribution is 7.51. The zero-order valence-electron chi connectivity index (χ0n) is 39.5. The zero-order valence-corrected chi connectivity index (χ0v) is 40.4. The lowest BCUT2D eigenvalue weighted by Gasteiger charge is -2.19. The van der Waals surface area contributed by atoms with Crippen molar-refractivity contribution in [1.82, 2.24) is 5.32 Å². The molecule has 0 fully saturated rings. The average Bonchev–Trinajstić information content (AvgIpc) is 3.40. The van der Waals surface area contributed by atoms with E-state index in [0.717, 1.165) is 66.8 Å². The SMILES string of the molecule is Nc1cc(Oc2ccc(C=Cc3ccccc3)c(C=Cc3ccccc3)c2C=Cc2ccccc2)c(C=Cc2ccccc2)c(C=Cc2ccccc2)c1C=Cc1ccccc1.O=C(O)CNCP(=O)(O)O. The molecule has 72 heavy (non-hydrogen) atoms. The number of carboxylic acids is 1. The molecule has 0 aliphatic carbocycles. The summed E-state index contributed by atoms with van der Waals surface area (Å²) in [7, 11) is -4.10. The van der Waals surface area contributed by atoms with Crippen molar-refractivity contribution in [2.24, 2.45) is 0 Å². The number of ether oxygens (including phenoxy) is 1. The smallest absolute Gasteiger partial charge is 0.339 e. The summed E-state index contributed by atoms with van der Waals surface area (Å²) in [5.41, 5.74) is 20.0. The second-order valence-corrected chi connectivity index (χ2v) is 18.0. The number of hydrogen-bond donors (Lipinski definition) is 5. The molecule has 8 nitrogen and oxygen atoms in total. The molecule has 0 amide bonds. The van der Waals surface area contributed by atoms with E-state index < -0.39 is 26.4 Å². The van der Waals surface area contributed by atoms with E-state index in [2.05, 4.69) is 200 Å². The third-order valence-corrected chi connectivity index (χ3v) is 11.6. The number of carbonyl (C=O) groups is 1. The minimum atomic E-state index is -4.10. The van der Waals surface area contributed by atoms with Gasteiger partial charge >= 0.3 is 13.6 Å². The summed E-state index contributed by atoms with van der Waals surface area (Å²) >= 11 is 0. The highest BCUT2D eigenvalue weighted by Gasteiger charge is 2.18. The Labute approximate surface area is 421 Å². The van der Waals surface area contributed by atoms with Gasteiger partial charge in [0.15, 0.2) is 0 Å². The molecule has 0 aromatic heterocycles. The largest absolute Gasteiger partial charge is 0.480 e. The maximum atomic E-state index is 10.1. The second kappa shape index (κ2) is 26.4. The Morgan fingerprint density at radius 1 is 0.431 bits per heavy atom. The fraction of sp³-hybridized carbons (Fsp3) is 0.0317. The van der Waals surface area contributed by atoms with E-state index >= 15 is 0 Å². The normalized spacial score (nSPS) is 11.8. The molecule has 0 saturated carbocycles. The van der Waals surface area contributed by atoms with Crippen molar-refractivity contribution in [2.45, 2.75) is 0 Å². The van der Waals surface area contributed by atoms with Crippen molar-refractivity contribution in [2.75, 3.05) is 18.6 Å². The van der Waals surface area contributed by atoms with Gasteiger partial charge < -0.3 is 25.4 Å². The highest BCUT2D eigenvalue weighted by Crippen LogP contribution is 2.41. The summed E-state index contributed by atoms with van der Waals surface area (Å²) in [5.74, 6) is 0.189. The molecular weight excluding hydrogens is 912 g/mol. The van der Waals surface area contributed by atoms with E-state index in [-0.39, 0.29) is 0 Å². The van der Waals surface area contributed by atoms with Gasteiger partial charge in [-0.25, -0.2) is 0 Å². The predicted octanol–water partition coefficient (Wildman–Crippen LogP) is 14.9. The van der Waals surface area contributed by atoms with Crippen LogP contribution in [0.2, 0.25) is 0 Å². The van der Waals surface area contributed by atoms with Crippen LogP contribution in [0.15, 0.2) is 200 Å². The fourth-order valence-corrected chi connectivity index (χ4v) is 7.88. The molecule has 9 heteroatoms. The number of aliphatic carboxylic acids is 1. The van der Waals surface area contributed by atoms with Crippen LogP contribution in [0.3, 0.4) is 0 Å². The van der Waals surface area contributed by atoms with Crippen molar-refractivity contribution >= 4 is 92.2 Å². The number of anilines is 1. The van der Waals surface area contributed by atoms with Crippen LogP contribution in [-0.4, -0.2) is 33.7 Å². The number of benzene rings is 8. The summed E-state index contributed by atoms with van der Waals surface area (Å²) in [6, 6.07) is 68.2. The quantitative estimate of drug-likeness (QED) is 0.0325. The van der Waals surface area contributed by atoms with E-state index in [4.69, 9.17) is 25.4 Å². The maximum Gasteiger partial charge on any atom is 0.339 e. The van der Waals surface area contributed by atoms with Gasteiger partial charge in [-0.3, -0.25) is 14.7 Å². The monoisotopic (exact) mass is 966 g/mol. The van der Waals surface area contributed by atoms with Gasteiger partial charge in [0.1, 0.15) is 11.5 Å². The molecule has 0 heterocycles. The summed E-state index contributed by atoms with van der Waals surface area (Å²) in [6.07, 6.45) is 25.1. The molecular formula is C63H55N2O6P. The van der Waals surface area contributed by atoms with Crippen LogP contribution in [0.1, 0.15) is 66.8 Å². The van der Waals surface area contributed by atoms with Crippen LogP contribution in [0, 0.1) is 0 Å². The molecule has 358 valence electrons. The molecule has 0 unspecified atom stereocenters. The van der Waals surface area contributed by atoms with Crippen molar-refractivity contribution in [3.05, 3.63) is 267 Å². The maximum absolute atomic E-state index is 10.1. The van der Waals surface area contributed by atoms with E-state index in [1.807, 2.05) is 78.9 Å². The Hall–Kier alpha value is -8.62. The van der Waals surface area contributed by atoms with Crippen LogP contribution in [-0.2, 0) is 9.36 Å². The lowest BCUT2D eigenvalue weighted by atomic mass is 9.94. The number of carboxylic acid groups (broad SMARTS) is 1. The molecule has 8 rings (SSSR count). The molecule has 0 bridgehead atoms. The molecule has 0 radical (unpaired) electrons. The third-order valence-electron chi connectivity index (χ3n) is 11.0. The van der Waals surface area contributed by atoms with Gasteiger partial charge in [-0.15, -0.1) is 0 Å². The van der Waals surface area contributed by atoms with Crippen LogP contribution in [0.25, 0.3) is 72.9 Å². The molecule has 8 aromatic rings. The average molecular weight is 967 g/mol. The Kier molecular flexibility index (Phi) is 18.8. The number of nitrogens with one attached hydrogen (secondary N) is 1. The lowest BCUT2D eigenvalue weighted by Crippen LogP contribution is -2.23. The van der Waals surface area contributed by atoms with Crippen LogP contribution < -0.4 is 15.8 Å². The van der Waals surface area contributed by atoms with E-state index in [9.17, 15) is 9.36 Å². The number of hydrogen-bond acceptors (Lipinski definition) is 5. The molecule has 6 N–H and O–H groups in total. The van der Waals surface area contributed by atoms with Crippen LogP contribution in [0.5, 0.6) is 11.5 Å². The molecule has 0 aliphatic heterocycles. The minimum absolute atomic E-state index is 0.439. The Bertz CT molecular complexity index is 3240. The first-order valence-electron chi connectivity index (χ1n) is 23.3. The summed E-state index contributed by atoms with van der Waals surface area (Å²) in [4.78, 5) is 26.1. The highest BCUT2D eigenvalue weighted by atomic mass is 31.2. The number of rotatable bonds is 18. The zero-order chi connectivity index (χ0) is 50.4. The van der Waals surface area contributed by atoms with Gasteiger partial charge in [0.05, 0.1) is 12.8 Å². The predicted molar refractivity (Wildman–Crippen MR) is 302 cm³/mol. The lowest BCUT2D eigenvalue weighted by molar-refractivity contribution is -0.135. The molecule has 8 aromatic carbocycles. The topological polar surface area (TPSA) is 142 Å². The van der Waals surface area contributed by atoms with Crippen molar-refractivity contribution in [3.8, 4) is 11.5 Å². The van der Waals surface area contributed by atoms with Gasteiger partial charge in [0, 0.05) is 28.4 Å². The van der Waals surface area contributed by atoms with Crippen LogP contribution >= 0.6 is 7.60 Å². The minimum Gasteiger partial charge on any atom is -0.480 e. The van der Waals surface area contributed by atoms with Gasteiger partial charge in [0.2, 0.25) is 0 Å². The Morgan fingerprint density at radius 2 is 0.764 bits per heavy atom. The van der Waals surface area contributed by atoms with Crippen molar-refractivity contribution in [1.29, 1.82) is 0 Å². The van der Waals surface area contributed by atoms with E-state index in [0.29, 0.717) is 17.2 Å². The Balaban J connectivity index is 0.000000687. The standard InChI is InChI=1S/C60H47NO.C3H8NO5P/c61-58-45-60(57(43-36-51-29-17-6-18-30-51)54(40-33-48-23-11-3-12-24-48)55(58)41-34-49-25-13-4-14-26-49)62-59-44-38-52(37-31-46-19-7-1-8-20-46)53(39-32-47-21-9-2-10-22-47)56(59)42-35-50-27-15-5-16-28-50;5-3(6)1-4-2-10(7,8)9/h1-45H,61H2;4H,1-2H2,(H,5,6)(H2,7,8,9). The van der Waals surface area contributed by atoms with Crippen molar-refractivity contribution < 1.29 is 29.0 Å². The number of nitrogen functional groups attached to an aromatic ring is 1. The van der Waals surface area contributed by atoms with Gasteiger partial charge in [-0.1, -0.05) is 261 Å². The van der Waals surface area contributed by atoms with Crippen molar-refractivity contribution in [3.63, 3.8) is 0 Å². The van der Waals surface area contributed by atoms with E-state index in [1.54, 1.807) is 0 Å². The van der Waals surface area contributed by atoms with Gasteiger partial charge in [-0.05, 0) is 56.1 Å². The third kappa shape index (κ3) is 16.2. The Morgan fingerprint density at radius 3 is 1.14 bits per heavy atom. The van der Waals surface area contributed by atoms with Crippen LogP contribution in [0.4, 0.5) is 5.69 Å². The molecule has 0 spiro atoms. The number of nitrogens with two attached hydrogens (primary N) is 1. The summed E-state index contributed by atoms with van der Waals surface area (Å²) in [6.45, 7) is -0.439. The fourth-order valence-electron chi connectivity index (χ4n) is 7.47. The first kappa shape index (κ1) is 51.2. The molecule has 0 aliphatic rings. The van der Waals surface area contributed by atoms with Gasteiger partial charge in [-0.2, -0.15) is 0 Å². The first-order valence-corrected chi connectivity index (χ1v) is 25.0. The summed E-state index contributed by atoms with van der Waals surface area (Å²) < 4.78 is 17.3. The first-order chi connectivity index (χ1) is 35.1.